The minimum absolute atomic E-state index is 0.0966. The Morgan fingerprint density at radius 2 is 2.00 bits per heavy atom. The fourth-order valence-electron chi connectivity index (χ4n) is 1.57. The van der Waals surface area contributed by atoms with E-state index in [-0.39, 0.29) is 11.7 Å². The van der Waals surface area contributed by atoms with Gasteiger partial charge in [0.25, 0.3) is 0 Å². The predicted octanol–water partition coefficient (Wildman–Crippen LogP) is 4.10. The van der Waals surface area contributed by atoms with Gasteiger partial charge in [0.2, 0.25) is 0 Å². The first kappa shape index (κ1) is 10.7. The molecule has 2 unspecified atom stereocenters. The summed E-state index contributed by atoms with van der Waals surface area (Å²) in [6.45, 7) is 4.13. The molecule has 0 fully saturated rings. The van der Waals surface area contributed by atoms with Crippen LogP contribution in [-0.2, 0) is 0 Å². The van der Waals surface area contributed by atoms with Crippen LogP contribution in [0.2, 0.25) is 0 Å². The van der Waals surface area contributed by atoms with Gasteiger partial charge in [0, 0.05) is 4.83 Å². The van der Waals surface area contributed by atoms with Crippen molar-refractivity contribution in [3.05, 3.63) is 35.6 Å². The molecule has 2 heteroatoms. The lowest BCUT2D eigenvalue weighted by Crippen LogP contribution is -2.09. The lowest BCUT2D eigenvalue weighted by Gasteiger charge is -2.18. The Bertz CT molecular complexity index is 271. The lowest BCUT2D eigenvalue weighted by atomic mass is 9.93. The highest BCUT2D eigenvalue weighted by Gasteiger charge is 2.17. The zero-order valence-corrected chi connectivity index (χ0v) is 9.51. The molecule has 0 saturated heterocycles. The number of halogens is 2. The van der Waals surface area contributed by atoms with Crippen LogP contribution in [0.1, 0.15) is 31.7 Å². The van der Waals surface area contributed by atoms with Gasteiger partial charge in [0.1, 0.15) is 5.82 Å². The standard InChI is InChI=1S/C11H14BrF/c1-3-9(8(2)12)10-6-4-5-7-11(10)13/h4-9H,3H2,1-2H3. The van der Waals surface area contributed by atoms with Gasteiger partial charge in [0.15, 0.2) is 0 Å². The van der Waals surface area contributed by atoms with E-state index in [1.54, 1.807) is 6.07 Å². The average molecular weight is 245 g/mol. The fraction of sp³-hybridized carbons (Fsp3) is 0.455. The highest BCUT2D eigenvalue weighted by atomic mass is 79.9. The number of alkyl halides is 1. The largest absolute Gasteiger partial charge is 0.207 e. The lowest BCUT2D eigenvalue weighted by molar-refractivity contribution is 0.566. The molecule has 0 bridgehead atoms. The summed E-state index contributed by atoms with van der Waals surface area (Å²) in [6, 6.07) is 7.00. The van der Waals surface area contributed by atoms with Crippen LogP contribution < -0.4 is 0 Å². The molecule has 72 valence electrons. The summed E-state index contributed by atoms with van der Waals surface area (Å²) in [7, 11) is 0. The van der Waals surface area contributed by atoms with Crippen LogP contribution in [0, 0.1) is 5.82 Å². The zero-order valence-electron chi connectivity index (χ0n) is 7.93. The van der Waals surface area contributed by atoms with Crippen molar-refractivity contribution in [3.63, 3.8) is 0 Å². The molecule has 13 heavy (non-hydrogen) atoms. The van der Waals surface area contributed by atoms with Gasteiger partial charge in [-0.3, -0.25) is 0 Å². The normalized spacial score (nSPS) is 15.4. The molecule has 1 aromatic carbocycles. The van der Waals surface area contributed by atoms with E-state index in [0.717, 1.165) is 12.0 Å². The molecule has 1 aromatic rings. The van der Waals surface area contributed by atoms with Gasteiger partial charge in [-0.05, 0) is 24.0 Å². The van der Waals surface area contributed by atoms with Crippen LogP contribution >= 0.6 is 15.9 Å². The molecule has 0 aliphatic carbocycles. The molecule has 0 saturated carbocycles. The Kier molecular flexibility index (Phi) is 3.91. The van der Waals surface area contributed by atoms with Crippen LogP contribution in [0.3, 0.4) is 0 Å². The van der Waals surface area contributed by atoms with Crippen LogP contribution in [0.4, 0.5) is 4.39 Å². The molecule has 0 aromatic heterocycles. The first-order valence-electron chi connectivity index (χ1n) is 4.55. The molecular formula is C11H14BrF. The minimum atomic E-state index is -0.0966. The summed E-state index contributed by atoms with van der Waals surface area (Å²) < 4.78 is 13.4. The maximum atomic E-state index is 13.4. The fourth-order valence-corrected chi connectivity index (χ4v) is 2.23. The summed E-state index contributed by atoms with van der Waals surface area (Å²) in [6.07, 6.45) is 0.952. The Labute approximate surface area is 87.3 Å². The van der Waals surface area contributed by atoms with Crippen LogP contribution in [0.15, 0.2) is 24.3 Å². The number of hydrogen-bond donors (Lipinski definition) is 0. The number of rotatable bonds is 3. The van der Waals surface area contributed by atoms with E-state index in [2.05, 4.69) is 29.8 Å². The highest BCUT2D eigenvalue weighted by Crippen LogP contribution is 2.29. The van der Waals surface area contributed by atoms with Gasteiger partial charge >= 0.3 is 0 Å². The summed E-state index contributed by atoms with van der Waals surface area (Å²) in [5, 5.41) is 0. The van der Waals surface area contributed by atoms with E-state index >= 15 is 0 Å². The molecule has 0 nitrogen and oxygen atoms in total. The number of hydrogen-bond acceptors (Lipinski definition) is 0. The van der Waals surface area contributed by atoms with E-state index < -0.39 is 0 Å². The summed E-state index contributed by atoms with van der Waals surface area (Å²) in [5.74, 6) is 0.168. The monoisotopic (exact) mass is 244 g/mol. The second-order valence-electron chi connectivity index (χ2n) is 3.21. The van der Waals surface area contributed by atoms with Gasteiger partial charge in [-0.1, -0.05) is 48.0 Å². The molecule has 0 N–H and O–H groups in total. The summed E-state index contributed by atoms with van der Waals surface area (Å²) in [5.41, 5.74) is 0.814. The molecule has 0 aliphatic rings. The Hall–Kier alpha value is -0.370. The number of benzene rings is 1. The van der Waals surface area contributed by atoms with Gasteiger partial charge < -0.3 is 0 Å². The van der Waals surface area contributed by atoms with Crippen molar-refractivity contribution in [3.8, 4) is 0 Å². The summed E-state index contributed by atoms with van der Waals surface area (Å²) >= 11 is 3.51. The van der Waals surface area contributed by atoms with Crippen molar-refractivity contribution >= 4 is 15.9 Å². The second-order valence-corrected chi connectivity index (χ2v) is 4.66. The van der Waals surface area contributed by atoms with Crippen molar-refractivity contribution in [2.45, 2.75) is 31.0 Å². The average Bonchev–Trinajstić information content (AvgIpc) is 2.09. The Morgan fingerprint density at radius 1 is 1.38 bits per heavy atom. The first-order chi connectivity index (χ1) is 6.16. The van der Waals surface area contributed by atoms with Crippen molar-refractivity contribution in [2.75, 3.05) is 0 Å². The minimum Gasteiger partial charge on any atom is -0.207 e. The SMILES string of the molecule is CCC(c1ccccc1F)C(C)Br. The van der Waals surface area contributed by atoms with Crippen molar-refractivity contribution in [1.29, 1.82) is 0 Å². The quantitative estimate of drug-likeness (QED) is 0.703. The van der Waals surface area contributed by atoms with Crippen molar-refractivity contribution in [1.82, 2.24) is 0 Å². The van der Waals surface area contributed by atoms with E-state index in [9.17, 15) is 4.39 Å². The van der Waals surface area contributed by atoms with Crippen molar-refractivity contribution < 1.29 is 4.39 Å². The van der Waals surface area contributed by atoms with E-state index in [1.807, 2.05) is 12.1 Å². The third-order valence-corrected chi connectivity index (χ3v) is 2.94. The third kappa shape index (κ3) is 2.53. The molecular weight excluding hydrogens is 231 g/mol. The summed E-state index contributed by atoms with van der Waals surface area (Å²) in [4.78, 5) is 0.314. The van der Waals surface area contributed by atoms with Crippen LogP contribution in [-0.4, -0.2) is 4.83 Å². The molecule has 0 spiro atoms. The van der Waals surface area contributed by atoms with E-state index in [1.165, 1.54) is 6.07 Å². The van der Waals surface area contributed by atoms with E-state index in [4.69, 9.17) is 0 Å². The first-order valence-corrected chi connectivity index (χ1v) is 5.46. The van der Waals surface area contributed by atoms with Gasteiger partial charge in [0.05, 0.1) is 0 Å². The maximum absolute atomic E-state index is 13.4. The van der Waals surface area contributed by atoms with Crippen LogP contribution in [0.25, 0.3) is 0 Å². The topological polar surface area (TPSA) is 0 Å². The van der Waals surface area contributed by atoms with Gasteiger partial charge in [-0.2, -0.15) is 0 Å². The molecule has 1 rings (SSSR count). The zero-order chi connectivity index (χ0) is 9.84. The third-order valence-electron chi connectivity index (χ3n) is 2.30. The maximum Gasteiger partial charge on any atom is 0.126 e. The second kappa shape index (κ2) is 4.75. The molecule has 0 aliphatic heterocycles. The smallest absolute Gasteiger partial charge is 0.126 e. The predicted molar refractivity (Wildman–Crippen MR) is 57.8 cm³/mol. The van der Waals surface area contributed by atoms with Gasteiger partial charge in [-0.15, -0.1) is 0 Å². The molecule has 0 amide bonds. The molecule has 0 heterocycles. The molecule has 2 atom stereocenters. The van der Waals surface area contributed by atoms with Gasteiger partial charge in [-0.25, -0.2) is 4.39 Å². The Morgan fingerprint density at radius 3 is 2.46 bits per heavy atom. The van der Waals surface area contributed by atoms with Crippen LogP contribution in [0.5, 0.6) is 0 Å². The van der Waals surface area contributed by atoms with Crippen molar-refractivity contribution in [2.24, 2.45) is 0 Å². The van der Waals surface area contributed by atoms with E-state index in [0.29, 0.717) is 4.83 Å². The Balaban J connectivity index is 2.97. The molecule has 0 radical (unpaired) electrons. The highest BCUT2D eigenvalue weighted by molar-refractivity contribution is 9.09.